The molecule has 0 aromatic carbocycles. The van der Waals surface area contributed by atoms with E-state index in [2.05, 4.69) is 6.07 Å². The van der Waals surface area contributed by atoms with Gasteiger partial charge in [0.05, 0.1) is 24.3 Å². The summed E-state index contributed by atoms with van der Waals surface area (Å²) in [5.41, 5.74) is -1.36. The number of carboxylic acids is 1. The summed E-state index contributed by atoms with van der Waals surface area (Å²) in [4.78, 5) is 21.7. The molecule has 0 heterocycles. The van der Waals surface area contributed by atoms with E-state index in [0.717, 1.165) is 0 Å². The summed E-state index contributed by atoms with van der Waals surface area (Å²) in [5.74, 6) is -1.58. The minimum atomic E-state index is -1.03. The Labute approximate surface area is 101 Å². The monoisotopic (exact) mass is 241 g/mol. The molecule has 0 spiro atoms. The number of hydrogen-bond donors (Lipinski definition) is 1. The van der Waals surface area contributed by atoms with Crippen molar-refractivity contribution >= 4 is 11.9 Å². The molecule has 0 atom stereocenters. The van der Waals surface area contributed by atoms with Crippen LogP contribution in [0.15, 0.2) is 0 Å². The molecule has 0 radical (unpaired) electrons. The molecule has 17 heavy (non-hydrogen) atoms. The van der Waals surface area contributed by atoms with E-state index in [9.17, 15) is 9.59 Å². The Balaban J connectivity index is 4.31. The van der Waals surface area contributed by atoms with E-state index in [-0.39, 0.29) is 12.8 Å². The molecule has 0 unspecified atom stereocenters. The van der Waals surface area contributed by atoms with Crippen molar-refractivity contribution in [1.82, 2.24) is 0 Å². The summed E-state index contributed by atoms with van der Waals surface area (Å²) in [6.07, 6.45) is 0.0115. The van der Waals surface area contributed by atoms with Crippen LogP contribution in [0.1, 0.15) is 47.0 Å². The molecular weight excluding hydrogens is 222 g/mol. The fraction of sp³-hybridized carbons (Fsp3) is 0.750. The second-order valence-electron chi connectivity index (χ2n) is 5.30. The second-order valence-corrected chi connectivity index (χ2v) is 5.30. The number of nitriles is 1. The Bertz CT molecular complexity index is 339. The van der Waals surface area contributed by atoms with Crippen LogP contribution in [0.2, 0.25) is 0 Å². The molecule has 0 aliphatic rings. The number of carbonyl (C=O) groups is 2. The SMILES string of the molecule is CC(C)(C#N)CC(C)(C)OC(=O)CCC(=O)O. The lowest BCUT2D eigenvalue weighted by atomic mass is 9.83. The molecule has 96 valence electrons. The van der Waals surface area contributed by atoms with Gasteiger partial charge in [0.15, 0.2) is 0 Å². The highest BCUT2D eigenvalue weighted by Gasteiger charge is 2.31. The largest absolute Gasteiger partial charge is 0.481 e. The number of rotatable bonds is 6. The molecule has 0 aliphatic carbocycles. The van der Waals surface area contributed by atoms with Crippen LogP contribution in [-0.2, 0) is 14.3 Å². The van der Waals surface area contributed by atoms with Crippen LogP contribution in [0.4, 0.5) is 0 Å². The van der Waals surface area contributed by atoms with Crippen molar-refractivity contribution in [3.8, 4) is 6.07 Å². The quantitative estimate of drug-likeness (QED) is 0.719. The van der Waals surface area contributed by atoms with Gasteiger partial charge in [-0.05, 0) is 27.7 Å². The highest BCUT2D eigenvalue weighted by atomic mass is 16.6. The first-order valence-electron chi connectivity index (χ1n) is 5.43. The zero-order valence-electron chi connectivity index (χ0n) is 10.7. The molecule has 0 aromatic heterocycles. The maximum atomic E-state index is 11.4. The maximum Gasteiger partial charge on any atom is 0.306 e. The Morgan fingerprint density at radius 2 is 1.76 bits per heavy atom. The van der Waals surface area contributed by atoms with Crippen LogP contribution in [0.3, 0.4) is 0 Å². The van der Waals surface area contributed by atoms with Crippen molar-refractivity contribution < 1.29 is 19.4 Å². The van der Waals surface area contributed by atoms with Crippen LogP contribution < -0.4 is 0 Å². The fourth-order valence-corrected chi connectivity index (χ4v) is 1.71. The molecule has 0 saturated carbocycles. The first kappa shape index (κ1) is 15.4. The van der Waals surface area contributed by atoms with Gasteiger partial charge in [-0.15, -0.1) is 0 Å². The lowest BCUT2D eigenvalue weighted by molar-refractivity contribution is -0.160. The maximum absolute atomic E-state index is 11.4. The first-order chi connectivity index (χ1) is 7.58. The average Bonchev–Trinajstić information content (AvgIpc) is 2.12. The van der Waals surface area contributed by atoms with E-state index in [0.29, 0.717) is 6.42 Å². The molecular formula is C12H19NO4. The summed E-state index contributed by atoms with van der Waals surface area (Å²) >= 11 is 0. The molecule has 0 bridgehead atoms. The normalized spacial score (nSPS) is 11.7. The Morgan fingerprint density at radius 3 is 2.18 bits per heavy atom. The number of nitrogens with zero attached hydrogens (tertiary/aromatic N) is 1. The van der Waals surface area contributed by atoms with Crippen molar-refractivity contribution in [2.45, 2.75) is 52.6 Å². The number of esters is 1. The van der Waals surface area contributed by atoms with Gasteiger partial charge in [-0.3, -0.25) is 9.59 Å². The van der Waals surface area contributed by atoms with Gasteiger partial charge in [-0.1, -0.05) is 0 Å². The minimum Gasteiger partial charge on any atom is -0.481 e. The van der Waals surface area contributed by atoms with Gasteiger partial charge in [0.2, 0.25) is 0 Å². The highest BCUT2D eigenvalue weighted by Crippen LogP contribution is 2.29. The molecule has 1 N–H and O–H groups in total. The van der Waals surface area contributed by atoms with Crippen molar-refractivity contribution in [3.05, 3.63) is 0 Å². The lowest BCUT2D eigenvalue weighted by Gasteiger charge is -2.30. The number of ether oxygens (including phenoxy) is 1. The van der Waals surface area contributed by atoms with E-state index in [1.807, 2.05) is 0 Å². The van der Waals surface area contributed by atoms with Crippen molar-refractivity contribution in [1.29, 1.82) is 5.26 Å². The third-order valence-corrected chi connectivity index (χ3v) is 2.10. The number of aliphatic carboxylic acids is 1. The van der Waals surface area contributed by atoms with Gasteiger partial charge < -0.3 is 9.84 Å². The van der Waals surface area contributed by atoms with Gasteiger partial charge in [-0.2, -0.15) is 5.26 Å². The molecule has 0 aromatic rings. The van der Waals surface area contributed by atoms with Gasteiger partial charge in [0.1, 0.15) is 5.60 Å². The van der Waals surface area contributed by atoms with Crippen LogP contribution in [0.25, 0.3) is 0 Å². The zero-order chi connectivity index (χ0) is 13.7. The molecule has 0 aliphatic heterocycles. The number of carboxylic acid groups (broad SMARTS) is 1. The van der Waals surface area contributed by atoms with Gasteiger partial charge in [-0.25, -0.2) is 0 Å². The van der Waals surface area contributed by atoms with E-state index < -0.39 is 23.0 Å². The van der Waals surface area contributed by atoms with E-state index >= 15 is 0 Å². The van der Waals surface area contributed by atoms with E-state index in [1.165, 1.54) is 0 Å². The summed E-state index contributed by atoms with van der Waals surface area (Å²) in [6.45, 7) is 6.95. The van der Waals surface area contributed by atoms with Crippen molar-refractivity contribution in [2.75, 3.05) is 0 Å². The summed E-state index contributed by atoms with van der Waals surface area (Å²) in [6, 6.07) is 2.14. The molecule has 5 nitrogen and oxygen atoms in total. The van der Waals surface area contributed by atoms with Crippen LogP contribution >= 0.6 is 0 Å². The Kier molecular flexibility index (Phi) is 5.14. The van der Waals surface area contributed by atoms with Gasteiger partial charge in [0, 0.05) is 6.42 Å². The summed E-state index contributed by atoms with van der Waals surface area (Å²) in [5, 5.41) is 17.3. The van der Waals surface area contributed by atoms with E-state index in [1.54, 1.807) is 27.7 Å². The highest BCUT2D eigenvalue weighted by molar-refractivity contribution is 5.76. The third kappa shape index (κ3) is 7.34. The predicted molar refractivity (Wildman–Crippen MR) is 61.1 cm³/mol. The average molecular weight is 241 g/mol. The predicted octanol–water partition coefficient (Wildman–Crippen LogP) is 2.11. The summed E-state index contributed by atoms with van der Waals surface area (Å²) in [7, 11) is 0. The van der Waals surface area contributed by atoms with Crippen LogP contribution in [0, 0.1) is 16.7 Å². The van der Waals surface area contributed by atoms with Gasteiger partial charge in [0.25, 0.3) is 0 Å². The third-order valence-electron chi connectivity index (χ3n) is 2.10. The summed E-state index contributed by atoms with van der Waals surface area (Å²) < 4.78 is 5.17. The lowest BCUT2D eigenvalue weighted by Crippen LogP contribution is -2.33. The van der Waals surface area contributed by atoms with Crippen molar-refractivity contribution in [2.24, 2.45) is 5.41 Å². The standard InChI is InChI=1S/C12H19NO4/c1-11(2,8-13)7-12(3,4)17-10(16)6-5-9(14)15/h5-7H2,1-4H3,(H,14,15). The number of hydrogen-bond acceptors (Lipinski definition) is 4. The molecule has 0 fully saturated rings. The number of carbonyl (C=O) groups excluding carboxylic acids is 1. The second kappa shape index (κ2) is 5.67. The van der Waals surface area contributed by atoms with E-state index in [4.69, 9.17) is 15.1 Å². The molecule has 5 heteroatoms. The van der Waals surface area contributed by atoms with Gasteiger partial charge >= 0.3 is 11.9 Å². The Hall–Kier alpha value is -1.57. The van der Waals surface area contributed by atoms with Crippen molar-refractivity contribution in [3.63, 3.8) is 0 Å². The van der Waals surface area contributed by atoms with Crippen LogP contribution in [0.5, 0.6) is 0 Å². The molecule has 0 amide bonds. The first-order valence-corrected chi connectivity index (χ1v) is 5.43. The smallest absolute Gasteiger partial charge is 0.306 e. The van der Waals surface area contributed by atoms with Crippen LogP contribution in [-0.4, -0.2) is 22.6 Å². The fourth-order valence-electron chi connectivity index (χ4n) is 1.71. The molecule has 0 rings (SSSR count). The Morgan fingerprint density at radius 1 is 1.24 bits per heavy atom. The topological polar surface area (TPSA) is 87.4 Å². The molecule has 0 saturated heterocycles. The zero-order valence-corrected chi connectivity index (χ0v) is 10.7. The minimum absolute atomic E-state index is 0.147.